The quantitative estimate of drug-likeness (QED) is 0.807. The number of piperidine rings is 1. The molecular weight excluding hydrogens is 234 g/mol. The van der Waals surface area contributed by atoms with Gasteiger partial charge in [0.2, 0.25) is 0 Å². The zero-order valence-electron chi connectivity index (χ0n) is 10.6. The van der Waals surface area contributed by atoms with Gasteiger partial charge in [-0.2, -0.15) is 0 Å². The molecule has 2 heterocycles. The fraction of sp³-hybridized carbons (Fsp3) is 0.667. The number of amides is 1. The lowest BCUT2D eigenvalue weighted by atomic mass is 10.1. The first-order valence-electron chi connectivity index (χ1n) is 6.25. The smallest absolute Gasteiger partial charge is 0.273 e. The van der Waals surface area contributed by atoms with Gasteiger partial charge in [0.05, 0.1) is 0 Å². The summed E-state index contributed by atoms with van der Waals surface area (Å²) in [6, 6.07) is 1.97. The van der Waals surface area contributed by atoms with Gasteiger partial charge in [-0.3, -0.25) is 4.79 Å². The standard InChI is InChI=1S/C12H19N3O3/c1-17-8-10-6-11(15-18-10)12(16)14-7-9-4-2-3-5-13-9/h6,9,13H,2-5,7-8H2,1H3,(H,14,16). The van der Waals surface area contributed by atoms with Crippen LogP contribution >= 0.6 is 0 Å². The van der Waals surface area contributed by atoms with Gasteiger partial charge in [0.1, 0.15) is 6.61 Å². The lowest BCUT2D eigenvalue weighted by Gasteiger charge is -2.23. The third kappa shape index (κ3) is 3.54. The maximum Gasteiger partial charge on any atom is 0.273 e. The van der Waals surface area contributed by atoms with Crippen molar-refractivity contribution in [3.05, 3.63) is 17.5 Å². The molecular formula is C12H19N3O3. The summed E-state index contributed by atoms with van der Waals surface area (Å²) in [6.07, 6.45) is 3.54. The van der Waals surface area contributed by atoms with Crippen molar-refractivity contribution in [1.29, 1.82) is 0 Å². The van der Waals surface area contributed by atoms with Crippen LogP contribution in [0, 0.1) is 0 Å². The average molecular weight is 253 g/mol. The van der Waals surface area contributed by atoms with E-state index in [1.807, 2.05) is 0 Å². The number of carbonyl (C=O) groups is 1. The first kappa shape index (κ1) is 13.0. The van der Waals surface area contributed by atoms with Crippen LogP contribution in [-0.4, -0.2) is 37.3 Å². The van der Waals surface area contributed by atoms with E-state index in [1.165, 1.54) is 12.8 Å². The van der Waals surface area contributed by atoms with Gasteiger partial charge >= 0.3 is 0 Å². The number of aromatic nitrogens is 1. The SMILES string of the molecule is COCc1cc(C(=O)NCC2CCCCN2)no1. The van der Waals surface area contributed by atoms with Crippen molar-refractivity contribution in [2.24, 2.45) is 0 Å². The Hall–Kier alpha value is -1.40. The predicted octanol–water partition coefficient (Wildman–Crippen LogP) is 0.693. The molecule has 6 nitrogen and oxygen atoms in total. The molecule has 1 unspecified atom stereocenters. The molecule has 1 aromatic heterocycles. The van der Waals surface area contributed by atoms with E-state index in [-0.39, 0.29) is 5.91 Å². The van der Waals surface area contributed by atoms with Gasteiger partial charge in [-0.05, 0) is 19.4 Å². The number of nitrogens with zero attached hydrogens (tertiary/aromatic N) is 1. The van der Waals surface area contributed by atoms with E-state index in [0.717, 1.165) is 13.0 Å². The molecule has 2 N–H and O–H groups in total. The number of ether oxygens (including phenoxy) is 1. The average Bonchev–Trinajstić information content (AvgIpc) is 2.86. The van der Waals surface area contributed by atoms with Crippen LogP contribution in [0.4, 0.5) is 0 Å². The molecule has 1 amide bonds. The summed E-state index contributed by atoms with van der Waals surface area (Å²) in [6.45, 7) is 1.98. The Balaban J connectivity index is 1.79. The van der Waals surface area contributed by atoms with Gasteiger partial charge in [-0.15, -0.1) is 0 Å². The van der Waals surface area contributed by atoms with Crippen molar-refractivity contribution < 1.29 is 14.1 Å². The molecule has 2 rings (SSSR count). The molecule has 0 saturated carbocycles. The van der Waals surface area contributed by atoms with E-state index >= 15 is 0 Å². The zero-order chi connectivity index (χ0) is 12.8. The van der Waals surface area contributed by atoms with Crippen LogP contribution in [0.5, 0.6) is 0 Å². The second-order valence-corrected chi connectivity index (χ2v) is 4.47. The van der Waals surface area contributed by atoms with Gasteiger partial charge in [0, 0.05) is 25.8 Å². The zero-order valence-corrected chi connectivity index (χ0v) is 10.6. The van der Waals surface area contributed by atoms with E-state index in [2.05, 4.69) is 15.8 Å². The molecule has 1 fully saturated rings. The second kappa shape index (κ2) is 6.51. The predicted molar refractivity (Wildman–Crippen MR) is 65.2 cm³/mol. The highest BCUT2D eigenvalue weighted by atomic mass is 16.5. The molecule has 100 valence electrons. The normalized spacial score (nSPS) is 19.7. The molecule has 0 spiro atoms. The topological polar surface area (TPSA) is 76.4 Å². The van der Waals surface area contributed by atoms with E-state index in [1.54, 1.807) is 13.2 Å². The largest absolute Gasteiger partial charge is 0.377 e. The Morgan fingerprint density at radius 1 is 1.67 bits per heavy atom. The Morgan fingerprint density at radius 3 is 3.28 bits per heavy atom. The van der Waals surface area contributed by atoms with Crippen molar-refractivity contribution in [2.75, 3.05) is 20.2 Å². The highest BCUT2D eigenvalue weighted by Gasteiger charge is 2.16. The first-order valence-corrected chi connectivity index (χ1v) is 6.25. The van der Waals surface area contributed by atoms with Crippen LogP contribution in [0.1, 0.15) is 35.5 Å². The Labute approximate surface area is 106 Å². The molecule has 0 bridgehead atoms. The summed E-state index contributed by atoms with van der Waals surface area (Å²) < 4.78 is 9.87. The number of methoxy groups -OCH3 is 1. The molecule has 0 aromatic carbocycles. The summed E-state index contributed by atoms with van der Waals surface area (Å²) in [5, 5.41) is 9.94. The lowest BCUT2D eigenvalue weighted by molar-refractivity contribution is 0.0938. The van der Waals surface area contributed by atoms with Crippen LogP contribution in [0.3, 0.4) is 0 Å². The summed E-state index contributed by atoms with van der Waals surface area (Å²) in [5.74, 6) is 0.354. The number of hydrogen-bond acceptors (Lipinski definition) is 5. The van der Waals surface area contributed by atoms with Crippen LogP contribution in [0.15, 0.2) is 10.6 Å². The molecule has 1 aliphatic rings. The van der Waals surface area contributed by atoms with E-state index in [4.69, 9.17) is 9.26 Å². The van der Waals surface area contributed by atoms with Crippen LogP contribution in [-0.2, 0) is 11.3 Å². The summed E-state index contributed by atoms with van der Waals surface area (Å²) in [5.41, 5.74) is 0.304. The number of rotatable bonds is 5. The maximum absolute atomic E-state index is 11.8. The molecule has 1 aromatic rings. The maximum atomic E-state index is 11.8. The summed E-state index contributed by atoms with van der Waals surface area (Å²) in [4.78, 5) is 11.8. The van der Waals surface area contributed by atoms with Crippen molar-refractivity contribution in [3.8, 4) is 0 Å². The molecule has 0 radical (unpaired) electrons. The van der Waals surface area contributed by atoms with Gasteiger partial charge in [-0.1, -0.05) is 11.6 Å². The van der Waals surface area contributed by atoms with Crippen LogP contribution in [0.2, 0.25) is 0 Å². The Bertz CT molecular complexity index is 386. The second-order valence-electron chi connectivity index (χ2n) is 4.47. The van der Waals surface area contributed by atoms with E-state index in [9.17, 15) is 4.79 Å². The van der Waals surface area contributed by atoms with Crippen LogP contribution < -0.4 is 10.6 Å². The fourth-order valence-corrected chi connectivity index (χ4v) is 2.03. The summed E-state index contributed by atoms with van der Waals surface area (Å²) in [7, 11) is 1.57. The molecule has 1 atom stereocenters. The highest BCUT2D eigenvalue weighted by Crippen LogP contribution is 2.07. The van der Waals surface area contributed by atoms with E-state index in [0.29, 0.717) is 30.6 Å². The lowest BCUT2D eigenvalue weighted by Crippen LogP contribution is -2.43. The first-order chi connectivity index (χ1) is 8.79. The number of carbonyl (C=O) groups excluding carboxylic acids is 1. The van der Waals surface area contributed by atoms with E-state index < -0.39 is 0 Å². The van der Waals surface area contributed by atoms with Crippen molar-refractivity contribution in [1.82, 2.24) is 15.8 Å². The van der Waals surface area contributed by atoms with Crippen LogP contribution in [0.25, 0.3) is 0 Å². The van der Waals surface area contributed by atoms with Gasteiger partial charge in [-0.25, -0.2) is 0 Å². The molecule has 6 heteroatoms. The van der Waals surface area contributed by atoms with Crippen molar-refractivity contribution >= 4 is 5.91 Å². The minimum absolute atomic E-state index is 0.200. The molecule has 1 saturated heterocycles. The molecule has 1 aliphatic heterocycles. The van der Waals surface area contributed by atoms with Crippen molar-refractivity contribution in [2.45, 2.75) is 31.9 Å². The minimum Gasteiger partial charge on any atom is -0.377 e. The molecule has 18 heavy (non-hydrogen) atoms. The number of nitrogens with one attached hydrogen (secondary N) is 2. The summed E-state index contributed by atoms with van der Waals surface area (Å²) >= 11 is 0. The third-order valence-corrected chi connectivity index (χ3v) is 3.00. The van der Waals surface area contributed by atoms with Gasteiger partial charge in [0.25, 0.3) is 5.91 Å². The third-order valence-electron chi connectivity index (χ3n) is 3.00. The fourth-order valence-electron chi connectivity index (χ4n) is 2.03. The Kier molecular flexibility index (Phi) is 4.72. The molecule has 0 aliphatic carbocycles. The van der Waals surface area contributed by atoms with Crippen molar-refractivity contribution in [3.63, 3.8) is 0 Å². The minimum atomic E-state index is -0.200. The Morgan fingerprint density at radius 2 is 2.56 bits per heavy atom. The van der Waals surface area contributed by atoms with Gasteiger partial charge in [0.15, 0.2) is 11.5 Å². The number of hydrogen-bond donors (Lipinski definition) is 2. The van der Waals surface area contributed by atoms with Gasteiger partial charge < -0.3 is 19.9 Å². The highest BCUT2D eigenvalue weighted by molar-refractivity contribution is 5.92. The monoisotopic (exact) mass is 253 g/mol.